The lowest BCUT2D eigenvalue weighted by molar-refractivity contribution is -0.278. The molecule has 8 heteroatoms. The summed E-state index contributed by atoms with van der Waals surface area (Å²) in [4.78, 5) is 15.0. The number of carbonyl (C=O) groups excluding carboxylic acids is 1. The van der Waals surface area contributed by atoms with Crippen LogP contribution in [-0.4, -0.2) is 60.7 Å². The van der Waals surface area contributed by atoms with Gasteiger partial charge < -0.3 is 34.3 Å². The molecule has 4 aromatic carbocycles. The monoisotopic (exact) mass is 648 g/mol. The van der Waals surface area contributed by atoms with Gasteiger partial charge in [0.1, 0.15) is 0 Å². The smallest absolute Gasteiger partial charge is 0.251 e. The van der Waals surface area contributed by atoms with E-state index in [4.69, 9.17) is 18.9 Å². The van der Waals surface area contributed by atoms with Gasteiger partial charge in [0.15, 0.2) is 12.1 Å². The van der Waals surface area contributed by atoms with Crippen LogP contribution < -0.4 is 5.32 Å². The van der Waals surface area contributed by atoms with Gasteiger partial charge in [-0.05, 0) is 46.0 Å². The highest BCUT2D eigenvalue weighted by molar-refractivity contribution is 5.94. The minimum Gasteiger partial charge on any atom is -0.392 e. The maximum atomic E-state index is 12.6. The van der Waals surface area contributed by atoms with E-state index in [0.717, 1.165) is 65.9 Å². The van der Waals surface area contributed by atoms with Crippen LogP contribution in [0.2, 0.25) is 0 Å². The second kappa shape index (κ2) is 14.7. The van der Waals surface area contributed by atoms with Crippen LogP contribution >= 0.6 is 0 Å². The number of nitrogens with one attached hydrogen (secondary N) is 1. The molecule has 250 valence electrons. The lowest BCUT2D eigenvalue weighted by Crippen LogP contribution is -2.50. The molecule has 4 atom stereocenters. The Morgan fingerprint density at radius 1 is 0.812 bits per heavy atom. The molecule has 3 aliphatic heterocycles. The van der Waals surface area contributed by atoms with Crippen LogP contribution in [0.15, 0.2) is 103 Å². The molecule has 3 aliphatic rings. The first kappa shape index (κ1) is 32.6. The summed E-state index contributed by atoms with van der Waals surface area (Å²) >= 11 is 0. The fourth-order valence-electron chi connectivity index (χ4n) is 7.01. The van der Waals surface area contributed by atoms with Gasteiger partial charge in [-0.2, -0.15) is 0 Å². The van der Waals surface area contributed by atoms with Gasteiger partial charge >= 0.3 is 0 Å². The predicted octanol–water partition coefficient (Wildman–Crippen LogP) is 6.41. The Morgan fingerprint density at radius 3 is 2.23 bits per heavy atom. The van der Waals surface area contributed by atoms with E-state index in [1.54, 1.807) is 0 Å². The number of piperidine rings is 1. The summed E-state index contributed by atoms with van der Waals surface area (Å²) in [7, 11) is 0. The van der Waals surface area contributed by atoms with Crippen molar-refractivity contribution in [2.24, 2.45) is 5.92 Å². The van der Waals surface area contributed by atoms with Crippen molar-refractivity contribution in [3.8, 4) is 11.1 Å². The molecular formula is C40H44N2O6. The zero-order valence-corrected chi connectivity index (χ0v) is 27.4. The highest BCUT2D eigenvalue weighted by Gasteiger charge is 2.43. The average molecular weight is 649 g/mol. The minimum absolute atomic E-state index is 0.0111. The SMILES string of the molecule is C[C@@H]1[C@H](CN2CCC3(CC2)OCCO3)O[C@H](c2ccc(-c3cccc(CNC(=O)c4ccccc4)c3)cc2)O[C@@H]1c1ccc(CO)cc1. The van der Waals surface area contributed by atoms with Crippen LogP contribution in [0.1, 0.15) is 64.8 Å². The van der Waals surface area contributed by atoms with Crippen LogP contribution in [0.4, 0.5) is 0 Å². The molecule has 3 heterocycles. The van der Waals surface area contributed by atoms with Crippen molar-refractivity contribution >= 4 is 5.91 Å². The quantitative estimate of drug-likeness (QED) is 0.217. The fraction of sp³-hybridized carbons (Fsp3) is 0.375. The zero-order valence-electron chi connectivity index (χ0n) is 27.4. The number of aliphatic hydroxyl groups is 1. The van der Waals surface area contributed by atoms with E-state index in [2.05, 4.69) is 65.7 Å². The number of hydrogen-bond donors (Lipinski definition) is 2. The fourth-order valence-corrected chi connectivity index (χ4v) is 7.01. The van der Waals surface area contributed by atoms with Crippen LogP contribution in [0, 0.1) is 5.92 Å². The number of rotatable bonds is 9. The first-order chi connectivity index (χ1) is 23.5. The van der Waals surface area contributed by atoms with Crippen LogP contribution in [0.25, 0.3) is 11.1 Å². The molecule has 7 rings (SSSR count). The Bertz CT molecular complexity index is 1650. The van der Waals surface area contributed by atoms with E-state index >= 15 is 0 Å². The summed E-state index contributed by atoms with van der Waals surface area (Å²) < 4.78 is 25.4. The maximum Gasteiger partial charge on any atom is 0.251 e. The van der Waals surface area contributed by atoms with E-state index in [9.17, 15) is 9.90 Å². The summed E-state index contributed by atoms with van der Waals surface area (Å²) in [5.41, 5.74) is 6.75. The number of aliphatic hydroxyl groups excluding tert-OH is 1. The molecule has 0 unspecified atom stereocenters. The molecule has 3 fully saturated rings. The first-order valence-electron chi connectivity index (χ1n) is 17.0. The summed E-state index contributed by atoms with van der Waals surface area (Å²) in [5.74, 6) is -0.384. The molecular weight excluding hydrogens is 604 g/mol. The van der Waals surface area contributed by atoms with Crippen molar-refractivity contribution in [2.45, 2.75) is 57.2 Å². The summed E-state index contributed by atoms with van der Waals surface area (Å²) in [6.45, 7) is 6.62. The van der Waals surface area contributed by atoms with Crippen molar-refractivity contribution < 1.29 is 28.8 Å². The number of amides is 1. The molecule has 0 aromatic heterocycles. The molecule has 3 saturated heterocycles. The van der Waals surface area contributed by atoms with Gasteiger partial charge in [0.2, 0.25) is 0 Å². The van der Waals surface area contributed by atoms with Crippen LogP contribution in [-0.2, 0) is 32.1 Å². The minimum atomic E-state index is -0.528. The number of likely N-dealkylation sites (tertiary alicyclic amines) is 1. The second-order valence-corrected chi connectivity index (χ2v) is 13.1. The Kier molecular flexibility index (Phi) is 10.00. The number of hydrogen-bond acceptors (Lipinski definition) is 7. The van der Waals surface area contributed by atoms with E-state index in [1.165, 1.54) is 0 Å². The van der Waals surface area contributed by atoms with Crippen molar-refractivity contribution in [1.29, 1.82) is 0 Å². The first-order valence-corrected chi connectivity index (χ1v) is 17.0. The highest BCUT2D eigenvalue weighted by Crippen LogP contribution is 2.43. The lowest BCUT2D eigenvalue weighted by Gasteiger charge is -2.44. The van der Waals surface area contributed by atoms with Gasteiger partial charge in [-0.15, -0.1) is 0 Å². The molecule has 2 N–H and O–H groups in total. The summed E-state index contributed by atoms with van der Waals surface area (Å²) in [6.07, 6.45) is 0.985. The molecule has 0 aliphatic carbocycles. The third-order valence-electron chi connectivity index (χ3n) is 9.93. The zero-order chi connectivity index (χ0) is 32.9. The standard InChI is InChI=1S/C40H44N2O6/c1-28-36(26-42-20-18-40(19-21-42)45-22-23-46-40)47-39(48-37(28)32-12-10-29(27-43)11-13-32)34-16-14-31(15-17-34)35-9-5-6-30(24-35)25-41-38(44)33-7-3-2-4-8-33/h2-17,24,28,36-37,39,43H,18-23,25-27H2,1H3,(H,41,44)/t28-,36+,37+,39+/m1/s1. The van der Waals surface area contributed by atoms with E-state index < -0.39 is 12.1 Å². The van der Waals surface area contributed by atoms with Gasteiger partial charge in [0, 0.05) is 56.1 Å². The predicted molar refractivity (Wildman–Crippen MR) is 183 cm³/mol. The average Bonchev–Trinajstić information content (AvgIpc) is 3.61. The summed E-state index contributed by atoms with van der Waals surface area (Å²) in [6, 6.07) is 33.9. The van der Waals surface area contributed by atoms with E-state index in [0.29, 0.717) is 25.3 Å². The number of ether oxygens (including phenoxy) is 4. The Morgan fingerprint density at radius 2 is 1.52 bits per heavy atom. The third-order valence-corrected chi connectivity index (χ3v) is 9.93. The van der Waals surface area contributed by atoms with Gasteiger partial charge in [-0.3, -0.25) is 4.79 Å². The second-order valence-electron chi connectivity index (χ2n) is 13.1. The number of benzene rings is 4. The molecule has 8 nitrogen and oxygen atoms in total. The van der Waals surface area contributed by atoms with Crippen LogP contribution in [0.5, 0.6) is 0 Å². The topological polar surface area (TPSA) is 89.5 Å². The van der Waals surface area contributed by atoms with Crippen molar-refractivity contribution in [1.82, 2.24) is 10.2 Å². The molecule has 0 radical (unpaired) electrons. The van der Waals surface area contributed by atoms with E-state index in [1.807, 2.05) is 54.6 Å². The Labute approximate surface area is 282 Å². The molecule has 4 aromatic rings. The Balaban J connectivity index is 1.06. The number of carbonyl (C=O) groups is 1. The largest absolute Gasteiger partial charge is 0.392 e. The molecule has 1 spiro atoms. The van der Waals surface area contributed by atoms with Gasteiger partial charge in [-0.25, -0.2) is 0 Å². The van der Waals surface area contributed by atoms with Crippen molar-refractivity contribution in [3.05, 3.63) is 131 Å². The Hall–Kier alpha value is -3.89. The normalized spacial score (nSPS) is 24.0. The van der Waals surface area contributed by atoms with Gasteiger partial charge in [0.05, 0.1) is 32.0 Å². The van der Waals surface area contributed by atoms with Gasteiger partial charge in [-0.1, -0.05) is 91.9 Å². The van der Waals surface area contributed by atoms with Gasteiger partial charge in [0.25, 0.3) is 5.91 Å². The van der Waals surface area contributed by atoms with Crippen molar-refractivity contribution in [2.75, 3.05) is 32.8 Å². The number of nitrogens with zero attached hydrogens (tertiary/aromatic N) is 1. The molecule has 0 saturated carbocycles. The molecule has 0 bridgehead atoms. The van der Waals surface area contributed by atoms with Crippen LogP contribution in [0.3, 0.4) is 0 Å². The van der Waals surface area contributed by atoms with Crippen molar-refractivity contribution in [3.63, 3.8) is 0 Å². The van der Waals surface area contributed by atoms with E-state index in [-0.39, 0.29) is 30.6 Å². The highest BCUT2D eigenvalue weighted by atomic mass is 16.7. The molecule has 48 heavy (non-hydrogen) atoms. The maximum absolute atomic E-state index is 12.6. The lowest BCUT2D eigenvalue weighted by atomic mass is 9.89. The third kappa shape index (κ3) is 7.39. The molecule has 1 amide bonds. The summed E-state index contributed by atoms with van der Waals surface area (Å²) in [5, 5.41) is 12.6.